The van der Waals surface area contributed by atoms with Crippen LogP contribution in [-0.4, -0.2) is 40.8 Å². The van der Waals surface area contributed by atoms with E-state index >= 15 is 0 Å². The Bertz CT molecular complexity index is 783. The van der Waals surface area contributed by atoms with Crippen LogP contribution in [0.1, 0.15) is 18.1 Å². The maximum Gasteiger partial charge on any atom is 0.269 e. The van der Waals surface area contributed by atoms with Crippen molar-refractivity contribution in [3.63, 3.8) is 0 Å². The molecular weight excluding hydrogens is 354 g/mol. The lowest BCUT2D eigenvalue weighted by Crippen LogP contribution is -2.43. The van der Waals surface area contributed by atoms with Gasteiger partial charge in [-0.05, 0) is 31.2 Å². The topological polar surface area (TPSA) is 66.7 Å². The van der Waals surface area contributed by atoms with Gasteiger partial charge in [0.1, 0.15) is 0 Å². The number of halogens is 1. The van der Waals surface area contributed by atoms with Crippen LogP contribution in [0.25, 0.3) is 0 Å². The van der Waals surface area contributed by atoms with E-state index in [0.29, 0.717) is 23.7 Å². The van der Waals surface area contributed by atoms with Gasteiger partial charge in [0.15, 0.2) is 0 Å². The predicted molar refractivity (Wildman–Crippen MR) is 102 cm³/mol. The zero-order chi connectivity index (χ0) is 19.3. The lowest BCUT2D eigenvalue weighted by atomic mass is 10.1. The molecule has 0 radical (unpaired) electrons. The van der Waals surface area contributed by atoms with E-state index in [2.05, 4.69) is 0 Å². The highest BCUT2D eigenvalue weighted by atomic mass is 35.5. The lowest BCUT2D eigenvalue weighted by molar-refractivity contribution is -0.384. The fraction of sp³-hybridized carbons (Fsp3) is 0.316. The molecule has 2 rings (SSSR count). The van der Waals surface area contributed by atoms with Crippen LogP contribution < -0.4 is 0 Å². The summed E-state index contributed by atoms with van der Waals surface area (Å²) >= 11 is 6.15. The number of likely N-dealkylation sites (N-methyl/N-ethyl adjacent to an activating group) is 2. The molecule has 0 N–H and O–H groups in total. The first-order valence-corrected chi connectivity index (χ1v) is 8.59. The largest absolute Gasteiger partial charge is 0.340 e. The number of carbonyl (C=O) groups excluding carboxylic acids is 1. The minimum atomic E-state index is -0.456. The Morgan fingerprint density at radius 2 is 1.81 bits per heavy atom. The van der Waals surface area contributed by atoms with Crippen LogP contribution in [0.2, 0.25) is 5.02 Å². The Kier molecular flexibility index (Phi) is 6.71. The van der Waals surface area contributed by atoms with Crippen LogP contribution in [-0.2, 0) is 17.9 Å². The first-order chi connectivity index (χ1) is 12.3. The molecule has 1 atom stereocenters. The summed E-state index contributed by atoms with van der Waals surface area (Å²) in [7, 11) is 3.56. The van der Waals surface area contributed by atoms with Gasteiger partial charge in [-0.1, -0.05) is 41.9 Å². The molecule has 26 heavy (non-hydrogen) atoms. The molecule has 0 bridgehead atoms. The number of carbonyl (C=O) groups is 1. The van der Waals surface area contributed by atoms with E-state index in [0.717, 1.165) is 5.56 Å². The summed E-state index contributed by atoms with van der Waals surface area (Å²) in [6, 6.07) is 13.7. The van der Waals surface area contributed by atoms with E-state index in [1.165, 1.54) is 18.2 Å². The third-order valence-corrected chi connectivity index (χ3v) is 4.69. The van der Waals surface area contributed by atoms with Crippen molar-refractivity contribution in [2.75, 3.05) is 14.1 Å². The molecule has 6 nitrogen and oxygen atoms in total. The molecule has 7 heteroatoms. The van der Waals surface area contributed by atoms with Gasteiger partial charge >= 0.3 is 0 Å². The molecule has 0 spiro atoms. The van der Waals surface area contributed by atoms with Crippen molar-refractivity contribution in [3.05, 3.63) is 74.8 Å². The van der Waals surface area contributed by atoms with Gasteiger partial charge in [0.2, 0.25) is 5.91 Å². The maximum absolute atomic E-state index is 12.7. The average molecular weight is 376 g/mol. The highest BCUT2D eigenvalue weighted by molar-refractivity contribution is 6.31. The summed E-state index contributed by atoms with van der Waals surface area (Å²) in [6.07, 6.45) is 0. The molecule has 1 amide bonds. The molecule has 2 aromatic rings. The van der Waals surface area contributed by atoms with Crippen molar-refractivity contribution in [1.82, 2.24) is 9.80 Å². The maximum atomic E-state index is 12.7. The Morgan fingerprint density at radius 3 is 2.42 bits per heavy atom. The number of benzene rings is 2. The summed E-state index contributed by atoms with van der Waals surface area (Å²) in [5.41, 5.74) is 1.66. The number of amides is 1. The molecule has 0 aliphatic carbocycles. The lowest BCUT2D eigenvalue weighted by Gasteiger charge is -2.28. The minimum absolute atomic E-state index is 0.0158. The molecule has 0 saturated carbocycles. The highest BCUT2D eigenvalue weighted by Gasteiger charge is 2.23. The summed E-state index contributed by atoms with van der Waals surface area (Å²) in [4.78, 5) is 26.7. The van der Waals surface area contributed by atoms with Gasteiger partial charge in [0.25, 0.3) is 5.69 Å². The minimum Gasteiger partial charge on any atom is -0.340 e. The Morgan fingerprint density at radius 1 is 1.15 bits per heavy atom. The molecule has 0 aliphatic heterocycles. The van der Waals surface area contributed by atoms with Crippen LogP contribution in [0.5, 0.6) is 0 Å². The van der Waals surface area contributed by atoms with Crippen molar-refractivity contribution in [1.29, 1.82) is 0 Å². The molecular formula is C19H22ClN3O3. The Labute approximate surface area is 158 Å². The molecule has 0 saturated heterocycles. The van der Waals surface area contributed by atoms with Crippen LogP contribution in [0.15, 0.2) is 48.5 Å². The van der Waals surface area contributed by atoms with Gasteiger partial charge in [0, 0.05) is 37.3 Å². The number of nitro groups is 1. The molecule has 0 aromatic heterocycles. The second-order valence-corrected chi connectivity index (χ2v) is 6.71. The van der Waals surface area contributed by atoms with Crippen molar-refractivity contribution in [2.24, 2.45) is 0 Å². The number of non-ortho nitro benzene ring substituents is 1. The van der Waals surface area contributed by atoms with E-state index in [1.807, 2.05) is 42.2 Å². The van der Waals surface area contributed by atoms with Crippen LogP contribution in [0.3, 0.4) is 0 Å². The molecule has 0 aliphatic rings. The zero-order valence-corrected chi connectivity index (χ0v) is 15.8. The van der Waals surface area contributed by atoms with E-state index in [4.69, 9.17) is 11.6 Å². The molecule has 138 valence electrons. The van der Waals surface area contributed by atoms with E-state index < -0.39 is 4.92 Å². The number of nitro benzene ring substituents is 1. The Hall–Kier alpha value is -2.44. The van der Waals surface area contributed by atoms with Gasteiger partial charge in [-0.3, -0.25) is 19.8 Å². The SMILES string of the molecule is CC(C(=O)N(C)Cc1ccccc1)N(C)Cc1cc([N+](=O)[O-])ccc1Cl. The highest BCUT2D eigenvalue weighted by Crippen LogP contribution is 2.23. The summed E-state index contributed by atoms with van der Waals surface area (Å²) in [6.45, 7) is 2.68. The van der Waals surface area contributed by atoms with Crippen molar-refractivity contribution in [2.45, 2.75) is 26.1 Å². The first kappa shape index (κ1) is 19.9. The number of nitrogens with zero attached hydrogens (tertiary/aromatic N) is 3. The predicted octanol–water partition coefficient (Wildman–Crippen LogP) is 3.73. The van der Waals surface area contributed by atoms with E-state index in [9.17, 15) is 14.9 Å². The fourth-order valence-electron chi connectivity index (χ4n) is 2.64. The van der Waals surface area contributed by atoms with Crippen LogP contribution in [0, 0.1) is 10.1 Å². The quantitative estimate of drug-likeness (QED) is 0.546. The molecule has 2 aromatic carbocycles. The second kappa shape index (κ2) is 8.78. The van der Waals surface area contributed by atoms with Crippen molar-refractivity contribution < 1.29 is 9.72 Å². The fourth-order valence-corrected chi connectivity index (χ4v) is 2.82. The van der Waals surface area contributed by atoms with Gasteiger partial charge < -0.3 is 4.90 Å². The number of hydrogen-bond acceptors (Lipinski definition) is 4. The summed E-state index contributed by atoms with van der Waals surface area (Å²) < 4.78 is 0. The van der Waals surface area contributed by atoms with E-state index in [-0.39, 0.29) is 17.6 Å². The third kappa shape index (κ3) is 5.03. The van der Waals surface area contributed by atoms with Gasteiger partial charge in [-0.15, -0.1) is 0 Å². The first-order valence-electron chi connectivity index (χ1n) is 8.21. The Balaban J connectivity index is 2.04. The van der Waals surface area contributed by atoms with Gasteiger partial charge in [-0.2, -0.15) is 0 Å². The smallest absolute Gasteiger partial charge is 0.269 e. The molecule has 0 fully saturated rings. The van der Waals surface area contributed by atoms with Gasteiger partial charge in [-0.25, -0.2) is 0 Å². The normalized spacial score (nSPS) is 12.0. The summed E-state index contributed by atoms with van der Waals surface area (Å²) in [5.74, 6) is -0.0297. The van der Waals surface area contributed by atoms with Crippen LogP contribution >= 0.6 is 11.6 Å². The third-order valence-electron chi connectivity index (χ3n) is 4.32. The monoisotopic (exact) mass is 375 g/mol. The zero-order valence-electron chi connectivity index (χ0n) is 15.1. The summed E-state index contributed by atoms with van der Waals surface area (Å²) in [5, 5.41) is 11.4. The van der Waals surface area contributed by atoms with Crippen molar-refractivity contribution in [3.8, 4) is 0 Å². The molecule has 1 unspecified atom stereocenters. The van der Waals surface area contributed by atoms with Crippen LogP contribution in [0.4, 0.5) is 5.69 Å². The standard InChI is InChI=1S/C19H22ClN3O3/c1-14(19(24)22(3)12-15-7-5-4-6-8-15)21(2)13-16-11-17(23(25)26)9-10-18(16)20/h4-11,14H,12-13H2,1-3H3. The molecule has 0 heterocycles. The second-order valence-electron chi connectivity index (χ2n) is 6.30. The number of hydrogen-bond donors (Lipinski definition) is 0. The van der Waals surface area contributed by atoms with Crippen molar-refractivity contribution >= 4 is 23.2 Å². The number of rotatable bonds is 7. The average Bonchev–Trinajstić information content (AvgIpc) is 2.62. The van der Waals surface area contributed by atoms with E-state index in [1.54, 1.807) is 19.0 Å². The van der Waals surface area contributed by atoms with Gasteiger partial charge in [0.05, 0.1) is 11.0 Å².